The van der Waals surface area contributed by atoms with Gasteiger partial charge in [0.05, 0.1) is 0 Å². The van der Waals surface area contributed by atoms with Gasteiger partial charge in [-0.1, -0.05) is 105 Å². The molecule has 0 saturated heterocycles. The van der Waals surface area contributed by atoms with Gasteiger partial charge in [0.25, 0.3) is 0 Å². The topological polar surface area (TPSA) is 18.5 Å². The zero-order valence-corrected chi connectivity index (χ0v) is 14.6. The second kappa shape index (κ2) is 14.9. The zero-order valence-electron chi connectivity index (χ0n) is 12.6. The van der Waals surface area contributed by atoms with Crippen molar-refractivity contribution >= 4 is 27.3 Å². The molecule has 0 aliphatic heterocycles. The summed E-state index contributed by atoms with van der Waals surface area (Å²) >= 11 is 0. The maximum Gasteiger partial charge on any atom is 0.396 e. The molecule has 0 heterocycles. The quantitative estimate of drug-likeness (QED) is 0.531. The summed E-state index contributed by atoms with van der Waals surface area (Å²) < 4.78 is 12.6. The Labute approximate surface area is 168 Å². The molecule has 154 valence electrons. The monoisotopic (exact) mass is 398 g/mol. The van der Waals surface area contributed by atoms with Gasteiger partial charge in [-0.2, -0.15) is 0 Å². The van der Waals surface area contributed by atoms with Crippen LogP contribution in [0.15, 0.2) is 60.7 Å². The fourth-order valence-electron chi connectivity index (χ4n) is 2.31. The molecular weight excluding hydrogens is 352 g/mol. The maximum atomic E-state index is 6.60. The number of hydrogen-bond acceptors (Lipinski definition) is 2. The Bertz CT molecular complexity index is 498. The third kappa shape index (κ3) is 8.45. The van der Waals surface area contributed by atoms with Crippen molar-refractivity contribution in [1.29, 1.82) is 0 Å². The van der Waals surface area contributed by atoms with Gasteiger partial charge < -0.3 is 8.54 Å². The highest BCUT2D eigenvalue weighted by Crippen LogP contribution is 2.16. The zero-order chi connectivity index (χ0) is 14.6. The predicted octanol–water partition coefficient (Wildman–Crippen LogP) is 6.56. The number of hydrogen-bond donors (Lipinski definition) is 0. The lowest BCUT2D eigenvalue weighted by atomic mass is 10.4. The fourth-order valence-corrected chi connectivity index (χ4v) is 9.10. The van der Waals surface area contributed by atoms with Crippen LogP contribution in [-0.4, -0.2) is 24.0 Å². The van der Waals surface area contributed by atoms with E-state index in [0.717, 1.165) is 10.4 Å². The average molecular weight is 399 g/mol. The Morgan fingerprint density at radius 1 is 0.577 bits per heavy atom. The Kier molecular flexibility index (Phi) is 20.5. The van der Waals surface area contributed by atoms with Gasteiger partial charge in [0.2, 0.25) is 0 Å². The predicted molar refractivity (Wildman–Crippen MR) is 130 cm³/mol. The molecule has 0 unspecified atom stereocenters. The normalized spacial score (nSPS) is 9.54. The molecule has 0 aliphatic carbocycles. The molecule has 0 amide bonds. The van der Waals surface area contributed by atoms with Crippen LogP contribution >= 0.6 is 0 Å². The van der Waals surface area contributed by atoms with Crippen LogP contribution in [0.3, 0.4) is 0 Å². The molecule has 0 aliphatic rings. The third-order valence-electron chi connectivity index (χ3n) is 3.05. The van der Waals surface area contributed by atoms with Gasteiger partial charge in [0.1, 0.15) is 0 Å². The molecule has 0 N–H and O–H groups in total. The molecule has 2 rings (SSSR count). The molecule has 2 aromatic rings. The Morgan fingerprint density at radius 3 is 1.12 bits per heavy atom. The molecule has 4 heteroatoms. The second-order valence-corrected chi connectivity index (χ2v) is 13.6. The summed E-state index contributed by atoms with van der Waals surface area (Å²) in [6.07, 6.45) is 0. The van der Waals surface area contributed by atoms with Crippen molar-refractivity contribution in [2.24, 2.45) is 0 Å². The van der Waals surface area contributed by atoms with Gasteiger partial charge in [-0.25, -0.2) is 0 Å². The molecule has 2 nitrogen and oxygen atoms in total. The van der Waals surface area contributed by atoms with Crippen LogP contribution in [0.1, 0.15) is 44.6 Å². The molecule has 0 spiro atoms. The van der Waals surface area contributed by atoms with Crippen LogP contribution in [-0.2, 0) is 8.54 Å². The fraction of sp³-hybridized carbons (Fsp3) is 0.455. The van der Waals surface area contributed by atoms with Gasteiger partial charge in [-0.05, 0) is 30.0 Å². The van der Waals surface area contributed by atoms with E-state index in [-0.39, 0.29) is 44.6 Å². The Morgan fingerprint density at radius 2 is 0.885 bits per heavy atom. The van der Waals surface area contributed by atoms with Crippen LogP contribution in [0, 0.1) is 0 Å². The first-order valence-electron chi connectivity index (χ1n) is 6.84. The minimum atomic E-state index is -2.60. The second-order valence-electron chi connectivity index (χ2n) is 5.77. The molecule has 0 radical (unpaired) electrons. The van der Waals surface area contributed by atoms with Crippen LogP contribution < -0.4 is 10.4 Å². The van der Waals surface area contributed by atoms with Crippen LogP contribution in [0.4, 0.5) is 0 Å². The van der Waals surface area contributed by atoms with E-state index >= 15 is 0 Å². The third-order valence-corrected chi connectivity index (χ3v) is 9.41. The highest BCUT2D eigenvalue weighted by Gasteiger charge is 2.44. The summed E-state index contributed by atoms with van der Waals surface area (Å²) in [6.45, 7) is 6.62. The molecule has 0 fully saturated rings. The highest BCUT2D eigenvalue weighted by atomic mass is 28.4. The van der Waals surface area contributed by atoms with Gasteiger partial charge >= 0.3 is 8.56 Å². The minimum Gasteiger partial charge on any atom is -0.430 e. The molecule has 0 aromatic heterocycles. The van der Waals surface area contributed by atoms with Crippen molar-refractivity contribution in [2.75, 3.05) is 7.11 Å². The number of rotatable bonds is 5. The molecule has 2 aromatic carbocycles. The van der Waals surface area contributed by atoms with E-state index in [1.165, 1.54) is 0 Å². The van der Waals surface area contributed by atoms with Gasteiger partial charge in [-0.3, -0.25) is 0 Å². The highest BCUT2D eigenvalue weighted by molar-refractivity contribution is 6.98. The van der Waals surface area contributed by atoms with E-state index in [4.69, 9.17) is 8.54 Å². The minimum absolute atomic E-state index is 0. The largest absolute Gasteiger partial charge is 0.430 e. The molecule has 26 heavy (non-hydrogen) atoms. The van der Waals surface area contributed by atoms with Crippen molar-refractivity contribution in [3.63, 3.8) is 0 Å². The van der Waals surface area contributed by atoms with E-state index in [1.807, 2.05) is 36.4 Å². The lowest BCUT2D eigenvalue weighted by Gasteiger charge is -2.35. The van der Waals surface area contributed by atoms with E-state index < -0.39 is 16.9 Å². The van der Waals surface area contributed by atoms with Crippen LogP contribution in [0.5, 0.6) is 0 Å². The van der Waals surface area contributed by atoms with Crippen molar-refractivity contribution < 1.29 is 8.54 Å². The first-order chi connectivity index (χ1) is 9.48. The van der Waals surface area contributed by atoms with E-state index in [1.54, 1.807) is 7.11 Å². The van der Waals surface area contributed by atoms with E-state index in [0.29, 0.717) is 0 Å². The molecule has 0 saturated carbocycles. The maximum absolute atomic E-state index is 6.60. The summed E-state index contributed by atoms with van der Waals surface area (Å²) in [6, 6.07) is 20.7. The molecule has 0 bridgehead atoms. The Hall–Kier alpha value is -1.21. The lowest BCUT2D eigenvalue weighted by Crippen LogP contribution is -2.66. The van der Waals surface area contributed by atoms with Crippen molar-refractivity contribution in [3.8, 4) is 0 Å². The summed E-state index contributed by atoms with van der Waals surface area (Å²) in [5.74, 6) is 0. The van der Waals surface area contributed by atoms with E-state index in [2.05, 4.69) is 43.9 Å². The average Bonchev–Trinajstić information content (AvgIpc) is 2.46. The van der Waals surface area contributed by atoms with Crippen molar-refractivity contribution in [2.45, 2.75) is 64.2 Å². The summed E-state index contributed by atoms with van der Waals surface area (Å²) in [7, 11) is -2.57. The number of benzene rings is 2. The lowest BCUT2D eigenvalue weighted by molar-refractivity contribution is 0.327. The van der Waals surface area contributed by atoms with Crippen molar-refractivity contribution in [1.82, 2.24) is 0 Å². The van der Waals surface area contributed by atoms with E-state index in [9.17, 15) is 0 Å². The summed E-state index contributed by atoms with van der Waals surface area (Å²) in [4.78, 5) is 0. The standard InChI is InChI=1S/C16H22O2Si2.6CH4/c1-17-20(18-19(2,3)4,15-11-7-5-8-12-15)16-13-9-6-10-14-16;;;;;;/h5-14H,1-4H3;6*1H4. The van der Waals surface area contributed by atoms with Crippen molar-refractivity contribution in [3.05, 3.63) is 60.7 Å². The van der Waals surface area contributed by atoms with Gasteiger partial charge in [0, 0.05) is 7.11 Å². The smallest absolute Gasteiger partial charge is 0.396 e. The SMILES string of the molecule is C.C.C.C.C.C.CO[Si](O[Si](C)(C)C)(c1ccccc1)c1ccccc1. The first kappa shape index (κ1) is 35.8. The van der Waals surface area contributed by atoms with Crippen LogP contribution in [0.2, 0.25) is 19.6 Å². The first-order valence-corrected chi connectivity index (χ1v) is 12.1. The molecular formula is C22H46O2Si2. The van der Waals surface area contributed by atoms with Gasteiger partial charge in [-0.15, -0.1) is 0 Å². The molecule has 0 atom stereocenters. The van der Waals surface area contributed by atoms with Crippen LogP contribution in [0.25, 0.3) is 0 Å². The summed E-state index contributed by atoms with van der Waals surface area (Å²) in [5, 5.41) is 2.33. The Balaban J connectivity index is -0.000000245. The van der Waals surface area contributed by atoms with Gasteiger partial charge in [0.15, 0.2) is 8.32 Å². The summed E-state index contributed by atoms with van der Waals surface area (Å²) in [5.41, 5.74) is 0.